The van der Waals surface area contributed by atoms with Crippen molar-refractivity contribution in [2.24, 2.45) is 23.7 Å². The molecule has 3 fully saturated rings. The van der Waals surface area contributed by atoms with Gasteiger partial charge in [0.05, 0.1) is 52.3 Å². The number of carboxylic acids is 1. The Morgan fingerprint density at radius 2 is 1.72 bits per heavy atom. The van der Waals surface area contributed by atoms with Gasteiger partial charge in [0.25, 0.3) is 11.8 Å². The average molecular weight is 808 g/mol. The number of alkyl halides is 3. The Hall–Kier alpha value is -4.86. The number of hydrogen-bond acceptors (Lipinski definition) is 9. The molecule has 0 bridgehead atoms. The number of carbonyl (C=O) groups is 5. The number of carbonyl (C=O) groups excluding carboxylic acids is 4. The molecule has 2 aliphatic heterocycles. The van der Waals surface area contributed by atoms with Gasteiger partial charge in [0, 0.05) is 23.7 Å². The third kappa shape index (κ3) is 5.75. The fourth-order valence-electron chi connectivity index (χ4n) is 8.57. The quantitative estimate of drug-likeness (QED) is 0.175. The minimum Gasteiger partial charge on any atom is -0.503 e. The molecule has 7 rings (SSSR count). The first-order chi connectivity index (χ1) is 25.5. The molecule has 2 aliphatic carbocycles. The lowest BCUT2D eigenvalue weighted by atomic mass is 9.49. The summed E-state index contributed by atoms with van der Waals surface area (Å²) >= 11 is 19.0. The van der Waals surface area contributed by atoms with Crippen LogP contribution in [0.4, 0.5) is 19.0 Å². The number of aliphatic carboxylic acids is 1. The number of likely N-dealkylation sites (tertiary alicyclic amines) is 1. The molecule has 1 saturated carbocycles. The number of phenols is 1. The normalized spacial score (nSPS) is 26.4. The van der Waals surface area contributed by atoms with Crippen LogP contribution in [0.2, 0.25) is 15.1 Å². The number of aromatic hydroxyl groups is 1. The van der Waals surface area contributed by atoms with Crippen molar-refractivity contribution in [3.8, 4) is 11.5 Å². The summed E-state index contributed by atoms with van der Waals surface area (Å²) in [6.45, 7) is -0.357. The molecule has 2 saturated heterocycles. The second kappa shape index (κ2) is 13.5. The first-order valence-electron chi connectivity index (χ1n) is 16.5. The van der Waals surface area contributed by atoms with E-state index in [9.17, 15) is 42.6 Å². The van der Waals surface area contributed by atoms with Gasteiger partial charge in [-0.25, -0.2) is 4.98 Å². The van der Waals surface area contributed by atoms with Crippen LogP contribution in [-0.4, -0.2) is 68.4 Å². The highest BCUT2D eigenvalue weighted by Gasteiger charge is 2.70. The molecule has 282 valence electrons. The molecule has 4 aliphatic rings. The number of pyridine rings is 1. The highest BCUT2D eigenvalue weighted by Crippen LogP contribution is 2.64. The number of aromatic nitrogens is 1. The Morgan fingerprint density at radius 1 is 1.02 bits per heavy atom. The van der Waals surface area contributed by atoms with Crippen LogP contribution < -0.4 is 10.2 Å². The topological polar surface area (TPSA) is 166 Å². The minimum absolute atomic E-state index is 0.0423. The zero-order valence-electron chi connectivity index (χ0n) is 27.9. The number of halogens is 6. The number of phenolic OH excluding ortho intramolecular Hbond substituents is 1. The predicted molar refractivity (Wildman–Crippen MR) is 186 cm³/mol. The number of nitrogens with zero attached hydrogens (tertiary/aromatic N) is 3. The summed E-state index contributed by atoms with van der Waals surface area (Å²) in [7, 11) is 1.28. The van der Waals surface area contributed by atoms with Gasteiger partial charge >= 0.3 is 12.1 Å². The van der Waals surface area contributed by atoms with Crippen LogP contribution in [0, 0.1) is 23.7 Å². The van der Waals surface area contributed by atoms with E-state index in [0.717, 1.165) is 4.90 Å². The lowest BCUT2D eigenvalue weighted by Crippen LogP contribution is -2.53. The standard InChI is InChI=1S/C36H28Cl3F3N4O8/c1-54-25-11-15(10-23(38)29(25)49)28-19-6-7-20-27(33(52)45(31(20)50)9-8-26(47)48)21(19)13-22-32(51)46(34(53)35(22,28)16-2-4-18(37)5-3-16)44-30-24(39)12-17(14-43-30)36(40,41)42/h2-6,10-12,14,20-22,27-28,49H,7-9,13H2,1H3,(H,43,44)(H,47,48)/t20-,21+,22-,27-,28-,35+/m0/s1. The van der Waals surface area contributed by atoms with E-state index in [2.05, 4.69) is 10.4 Å². The highest BCUT2D eigenvalue weighted by atomic mass is 35.5. The first-order valence-corrected chi connectivity index (χ1v) is 17.6. The summed E-state index contributed by atoms with van der Waals surface area (Å²) in [5, 5.41) is 20.2. The van der Waals surface area contributed by atoms with Gasteiger partial charge in [-0.05, 0) is 60.2 Å². The first kappa shape index (κ1) is 37.5. The van der Waals surface area contributed by atoms with Crippen molar-refractivity contribution in [3.63, 3.8) is 0 Å². The summed E-state index contributed by atoms with van der Waals surface area (Å²) in [6, 6.07) is 9.59. The zero-order valence-corrected chi connectivity index (χ0v) is 30.1. The molecule has 18 heteroatoms. The Labute approximate surface area is 319 Å². The largest absolute Gasteiger partial charge is 0.503 e. The van der Waals surface area contributed by atoms with Gasteiger partial charge in [0.2, 0.25) is 11.8 Å². The lowest BCUT2D eigenvalue weighted by molar-refractivity contribution is -0.143. The molecule has 12 nitrogen and oxygen atoms in total. The molecule has 3 heterocycles. The fraction of sp³-hybridized carbons (Fsp3) is 0.333. The number of hydrogen-bond donors (Lipinski definition) is 3. The molecule has 0 unspecified atom stereocenters. The monoisotopic (exact) mass is 806 g/mol. The third-order valence-corrected chi connectivity index (χ3v) is 11.6. The van der Waals surface area contributed by atoms with E-state index >= 15 is 4.79 Å². The number of carboxylic acid groups (broad SMARTS) is 1. The number of imide groups is 2. The molecule has 1 aromatic heterocycles. The average Bonchev–Trinajstić information content (AvgIpc) is 3.49. The number of nitrogens with one attached hydrogen (secondary N) is 1. The number of allylic oxidation sites excluding steroid dienone is 2. The van der Waals surface area contributed by atoms with Crippen molar-refractivity contribution in [3.05, 3.63) is 92.1 Å². The third-order valence-electron chi connectivity index (χ3n) is 10.8. The van der Waals surface area contributed by atoms with Crippen molar-refractivity contribution >= 4 is 70.2 Å². The van der Waals surface area contributed by atoms with Gasteiger partial charge in [-0.1, -0.05) is 58.6 Å². The number of hydrazine groups is 1. The Bertz CT molecular complexity index is 2170. The number of ether oxygens (including phenoxy) is 1. The maximum Gasteiger partial charge on any atom is 0.417 e. The molecule has 6 atom stereocenters. The maximum atomic E-state index is 15.2. The fourth-order valence-corrected chi connectivity index (χ4v) is 9.12. The summed E-state index contributed by atoms with van der Waals surface area (Å²) in [6.07, 6.45) is -3.14. The molecular formula is C36H28Cl3F3N4O8. The Morgan fingerprint density at radius 3 is 2.35 bits per heavy atom. The number of rotatable bonds is 8. The Balaban J connectivity index is 1.44. The maximum absolute atomic E-state index is 15.2. The molecule has 3 N–H and O–H groups in total. The van der Waals surface area contributed by atoms with E-state index in [4.69, 9.17) is 39.5 Å². The van der Waals surface area contributed by atoms with E-state index in [0.29, 0.717) is 33.4 Å². The molecule has 54 heavy (non-hydrogen) atoms. The van der Waals surface area contributed by atoms with Crippen LogP contribution in [0.1, 0.15) is 41.9 Å². The van der Waals surface area contributed by atoms with Gasteiger partial charge in [-0.2, -0.15) is 18.2 Å². The van der Waals surface area contributed by atoms with Crippen molar-refractivity contribution in [1.29, 1.82) is 0 Å². The number of anilines is 1. The van der Waals surface area contributed by atoms with Crippen molar-refractivity contribution in [2.45, 2.75) is 36.8 Å². The van der Waals surface area contributed by atoms with E-state index in [1.807, 2.05) is 0 Å². The van der Waals surface area contributed by atoms with Gasteiger partial charge < -0.3 is 14.9 Å². The second-order valence-electron chi connectivity index (χ2n) is 13.4. The van der Waals surface area contributed by atoms with Crippen LogP contribution >= 0.6 is 34.8 Å². The van der Waals surface area contributed by atoms with E-state index in [1.54, 1.807) is 18.2 Å². The summed E-state index contributed by atoms with van der Waals surface area (Å²) in [5.74, 6) is -10.2. The summed E-state index contributed by atoms with van der Waals surface area (Å²) < 4.78 is 45.7. The number of benzene rings is 2. The van der Waals surface area contributed by atoms with Crippen molar-refractivity contribution < 1.29 is 52.1 Å². The number of amides is 4. The predicted octanol–water partition coefficient (Wildman–Crippen LogP) is 6.23. The zero-order chi connectivity index (χ0) is 39.0. The molecule has 0 radical (unpaired) electrons. The van der Waals surface area contributed by atoms with Gasteiger partial charge in [-0.15, -0.1) is 0 Å². The van der Waals surface area contributed by atoms with Crippen LogP contribution in [0.15, 0.2) is 60.3 Å². The minimum atomic E-state index is -4.79. The van der Waals surface area contributed by atoms with E-state index in [-0.39, 0.29) is 35.7 Å². The van der Waals surface area contributed by atoms with Crippen LogP contribution in [0.3, 0.4) is 0 Å². The smallest absolute Gasteiger partial charge is 0.417 e. The Kier molecular flexibility index (Phi) is 9.34. The van der Waals surface area contributed by atoms with E-state index in [1.165, 1.54) is 31.4 Å². The molecule has 2 aromatic carbocycles. The number of fused-ring (bicyclic) bond motifs is 4. The second-order valence-corrected chi connectivity index (χ2v) is 14.7. The van der Waals surface area contributed by atoms with Crippen molar-refractivity contribution in [1.82, 2.24) is 14.9 Å². The molecule has 0 spiro atoms. The van der Waals surface area contributed by atoms with Crippen LogP contribution in [-0.2, 0) is 35.6 Å². The summed E-state index contributed by atoms with van der Waals surface area (Å²) in [4.78, 5) is 73.7. The van der Waals surface area contributed by atoms with E-state index < -0.39 is 99.4 Å². The highest BCUT2D eigenvalue weighted by molar-refractivity contribution is 6.33. The molecular weight excluding hydrogens is 780 g/mol. The molecule has 4 amide bonds. The lowest BCUT2D eigenvalue weighted by Gasteiger charge is -2.50. The number of methoxy groups -OCH3 is 1. The SMILES string of the molecule is COc1cc([C@H]2C3=CC[C@@H]4C(=O)N(CCC(=O)O)C(=O)[C@@H]4[C@@H]3C[C@H]3C(=O)N(Nc4ncc(C(F)(F)F)cc4Cl)C(=O)[C@@]23c2ccc(Cl)cc2)cc(Cl)c1O. The molecule has 3 aromatic rings. The summed E-state index contributed by atoms with van der Waals surface area (Å²) in [5.41, 5.74) is 0.613. The van der Waals surface area contributed by atoms with Crippen LogP contribution in [0.25, 0.3) is 0 Å². The van der Waals surface area contributed by atoms with Crippen molar-refractivity contribution in [2.75, 3.05) is 19.1 Å². The van der Waals surface area contributed by atoms with Gasteiger partial charge in [0.15, 0.2) is 17.3 Å². The van der Waals surface area contributed by atoms with Gasteiger partial charge in [0.1, 0.15) is 0 Å². The van der Waals surface area contributed by atoms with Crippen LogP contribution in [0.5, 0.6) is 11.5 Å². The van der Waals surface area contributed by atoms with Gasteiger partial charge in [-0.3, -0.25) is 34.3 Å².